The number of hydrogen-bond donors (Lipinski definition) is 2. The van der Waals surface area contributed by atoms with Crippen molar-refractivity contribution < 1.29 is 0 Å². The van der Waals surface area contributed by atoms with Gasteiger partial charge < -0.3 is 10.6 Å². The summed E-state index contributed by atoms with van der Waals surface area (Å²) < 4.78 is 0. The maximum absolute atomic E-state index is 6.36. The Bertz CT molecular complexity index is 1130. The summed E-state index contributed by atoms with van der Waals surface area (Å²) in [4.78, 5) is 13.1. The molecule has 4 aromatic rings. The lowest BCUT2D eigenvalue weighted by Crippen LogP contribution is -2.09. The van der Waals surface area contributed by atoms with Gasteiger partial charge in [0.1, 0.15) is 5.02 Å². The van der Waals surface area contributed by atoms with Gasteiger partial charge in [-0.2, -0.15) is 4.98 Å². The second kappa shape index (κ2) is 8.09. The molecule has 0 spiro atoms. The highest BCUT2D eigenvalue weighted by Crippen LogP contribution is 2.31. The molecule has 0 fully saturated rings. The summed E-state index contributed by atoms with van der Waals surface area (Å²) in [6, 6.07) is 16.2. The summed E-state index contributed by atoms with van der Waals surface area (Å²) in [6.07, 6.45) is 5.21. The highest BCUT2D eigenvalue weighted by atomic mass is 35.5. The number of nitrogens with zero attached hydrogens (tertiary/aromatic N) is 3. The van der Waals surface area contributed by atoms with Crippen LogP contribution in [0, 0.1) is 0 Å². The van der Waals surface area contributed by atoms with Crippen LogP contribution in [0.4, 0.5) is 23.1 Å². The zero-order valence-electron chi connectivity index (χ0n) is 15.5. The normalized spacial score (nSPS) is 11.0. The number of benzene rings is 2. The third kappa shape index (κ3) is 3.91. The second-order valence-corrected chi connectivity index (χ2v) is 9.13. The van der Waals surface area contributed by atoms with Gasteiger partial charge in [0.25, 0.3) is 0 Å². The number of fused-ring (bicyclic) bond motifs is 1. The molecule has 5 nitrogen and oxygen atoms in total. The number of hydrogen-bond acceptors (Lipinski definition) is 5. The monoisotopic (exact) mass is 407 g/mol. The van der Waals surface area contributed by atoms with Crippen molar-refractivity contribution in [2.24, 2.45) is 0 Å². The highest BCUT2D eigenvalue weighted by molar-refractivity contribution is 7.64. The highest BCUT2D eigenvalue weighted by Gasteiger charge is 2.11. The molecular formula is C21H19ClN5P. The largest absolute Gasteiger partial charge is 0.338 e. The maximum atomic E-state index is 6.36. The van der Waals surface area contributed by atoms with Crippen molar-refractivity contribution >= 4 is 58.7 Å². The molecule has 0 aliphatic carbocycles. The van der Waals surface area contributed by atoms with E-state index in [0.717, 1.165) is 22.1 Å². The summed E-state index contributed by atoms with van der Waals surface area (Å²) in [7, 11) is -0.260. The summed E-state index contributed by atoms with van der Waals surface area (Å²) in [5.41, 5.74) is 1.93. The van der Waals surface area contributed by atoms with Crippen LogP contribution in [0.3, 0.4) is 0 Å². The summed E-state index contributed by atoms with van der Waals surface area (Å²) in [6.45, 7) is 4.44. The van der Waals surface area contributed by atoms with E-state index >= 15 is 0 Å². The van der Waals surface area contributed by atoms with Gasteiger partial charge in [-0.05, 0) is 36.8 Å². The van der Waals surface area contributed by atoms with Crippen LogP contribution in [-0.2, 0) is 0 Å². The van der Waals surface area contributed by atoms with Gasteiger partial charge in [0.15, 0.2) is 5.82 Å². The van der Waals surface area contributed by atoms with Crippen LogP contribution in [0.15, 0.2) is 67.1 Å². The molecule has 140 valence electrons. The Morgan fingerprint density at radius 1 is 0.893 bits per heavy atom. The van der Waals surface area contributed by atoms with Gasteiger partial charge in [-0.1, -0.05) is 49.9 Å². The molecule has 0 unspecified atom stereocenters. The average Bonchev–Trinajstić information content (AvgIpc) is 2.71. The molecule has 4 rings (SSSR count). The van der Waals surface area contributed by atoms with Gasteiger partial charge in [-0.15, -0.1) is 0 Å². The van der Waals surface area contributed by atoms with Crippen molar-refractivity contribution in [3.63, 3.8) is 0 Å². The number of nitrogens with one attached hydrogen (secondary N) is 2. The summed E-state index contributed by atoms with van der Waals surface area (Å²) >= 11 is 6.36. The van der Waals surface area contributed by atoms with E-state index < -0.39 is 0 Å². The Morgan fingerprint density at radius 3 is 2.57 bits per heavy atom. The van der Waals surface area contributed by atoms with Gasteiger partial charge >= 0.3 is 0 Å². The maximum Gasteiger partial charge on any atom is 0.229 e. The van der Waals surface area contributed by atoms with Crippen molar-refractivity contribution in [1.82, 2.24) is 15.0 Å². The minimum absolute atomic E-state index is 0.260. The summed E-state index contributed by atoms with van der Waals surface area (Å²) in [5, 5.41) is 10.5. The number of halogens is 1. The lowest BCUT2D eigenvalue weighted by molar-refractivity contribution is 1.17. The number of para-hydroxylation sites is 1. The number of anilines is 4. The quantitative estimate of drug-likeness (QED) is 0.426. The molecule has 28 heavy (non-hydrogen) atoms. The van der Waals surface area contributed by atoms with E-state index in [4.69, 9.17) is 11.6 Å². The molecule has 2 heterocycles. The van der Waals surface area contributed by atoms with E-state index in [1.807, 2.05) is 48.7 Å². The molecule has 0 radical (unpaired) electrons. The lowest BCUT2D eigenvalue weighted by Gasteiger charge is -2.15. The standard InChI is InChI=1S/C21H19ClN5P/c1-28(2)19-9-4-3-7-18(19)25-20-16(22)13-24-21(27-20)26-17-8-5-6-14-12-23-11-10-15(14)17/h3-13H,1-2H3,(H2,24,25,26,27). The van der Waals surface area contributed by atoms with Crippen molar-refractivity contribution in [3.8, 4) is 0 Å². The molecule has 0 amide bonds. The van der Waals surface area contributed by atoms with Crippen molar-refractivity contribution in [1.29, 1.82) is 0 Å². The number of aromatic nitrogens is 3. The van der Waals surface area contributed by atoms with Gasteiger partial charge in [-0.25, -0.2) is 4.98 Å². The molecule has 0 aliphatic rings. The van der Waals surface area contributed by atoms with Crippen molar-refractivity contribution in [3.05, 3.63) is 72.1 Å². The smallest absolute Gasteiger partial charge is 0.229 e. The van der Waals surface area contributed by atoms with E-state index in [2.05, 4.69) is 45.0 Å². The fraction of sp³-hybridized carbons (Fsp3) is 0.0952. The molecule has 0 aliphatic heterocycles. The Kier molecular flexibility index (Phi) is 5.38. The van der Waals surface area contributed by atoms with Crippen LogP contribution < -0.4 is 15.9 Å². The fourth-order valence-electron chi connectivity index (χ4n) is 2.96. The number of rotatable bonds is 5. The van der Waals surface area contributed by atoms with E-state index in [0.29, 0.717) is 16.8 Å². The Balaban J connectivity index is 1.66. The Hall–Kier alpha value is -2.75. The van der Waals surface area contributed by atoms with Crippen LogP contribution in [-0.4, -0.2) is 28.3 Å². The molecule has 0 saturated heterocycles. The zero-order valence-corrected chi connectivity index (χ0v) is 17.2. The topological polar surface area (TPSA) is 62.7 Å². The molecular weight excluding hydrogens is 389 g/mol. The van der Waals surface area contributed by atoms with Gasteiger partial charge in [0, 0.05) is 34.5 Å². The molecule has 0 atom stereocenters. The zero-order chi connectivity index (χ0) is 19.5. The molecule has 0 saturated carbocycles. The first-order chi connectivity index (χ1) is 13.6. The first-order valence-corrected chi connectivity index (χ1v) is 11.4. The third-order valence-electron chi connectivity index (χ3n) is 4.31. The minimum atomic E-state index is -0.260. The molecule has 2 aromatic heterocycles. The van der Waals surface area contributed by atoms with Crippen LogP contribution in [0.2, 0.25) is 5.02 Å². The van der Waals surface area contributed by atoms with Crippen molar-refractivity contribution in [2.75, 3.05) is 24.0 Å². The second-order valence-electron chi connectivity index (χ2n) is 6.45. The summed E-state index contributed by atoms with van der Waals surface area (Å²) in [5.74, 6) is 1.05. The van der Waals surface area contributed by atoms with E-state index in [-0.39, 0.29) is 7.92 Å². The SMILES string of the molecule is CP(C)c1ccccc1Nc1nc(Nc2cccc3cnccc23)ncc1Cl. The molecule has 0 bridgehead atoms. The first-order valence-electron chi connectivity index (χ1n) is 8.77. The fourth-order valence-corrected chi connectivity index (χ4v) is 4.10. The third-order valence-corrected chi connectivity index (χ3v) is 5.94. The first kappa shape index (κ1) is 18.6. The Morgan fingerprint density at radius 2 is 1.71 bits per heavy atom. The van der Waals surface area contributed by atoms with E-state index in [1.165, 1.54) is 5.30 Å². The lowest BCUT2D eigenvalue weighted by atomic mass is 10.1. The van der Waals surface area contributed by atoms with E-state index in [1.54, 1.807) is 12.4 Å². The Labute approximate surface area is 170 Å². The van der Waals surface area contributed by atoms with Gasteiger partial charge in [0.05, 0.1) is 6.20 Å². The van der Waals surface area contributed by atoms with Gasteiger partial charge in [-0.3, -0.25) is 4.98 Å². The van der Waals surface area contributed by atoms with Crippen molar-refractivity contribution in [2.45, 2.75) is 0 Å². The van der Waals surface area contributed by atoms with Crippen LogP contribution in [0.5, 0.6) is 0 Å². The van der Waals surface area contributed by atoms with Crippen LogP contribution in [0.25, 0.3) is 10.8 Å². The predicted molar refractivity (Wildman–Crippen MR) is 120 cm³/mol. The minimum Gasteiger partial charge on any atom is -0.338 e. The number of pyridine rings is 1. The van der Waals surface area contributed by atoms with Crippen LogP contribution >= 0.6 is 19.5 Å². The van der Waals surface area contributed by atoms with E-state index in [9.17, 15) is 0 Å². The molecule has 2 N–H and O–H groups in total. The predicted octanol–water partition coefficient (Wildman–Crippen LogP) is 5.53. The average molecular weight is 408 g/mol. The molecule has 7 heteroatoms. The molecule has 2 aromatic carbocycles. The van der Waals surface area contributed by atoms with Gasteiger partial charge in [0.2, 0.25) is 5.95 Å². The van der Waals surface area contributed by atoms with Crippen LogP contribution in [0.1, 0.15) is 0 Å².